The number of carbonyl (C=O) groups excluding carboxylic acids is 1. The van der Waals surface area contributed by atoms with E-state index < -0.39 is 38.6 Å². The highest BCUT2D eigenvalue weighted by atomic mass is 31.2. The zero-order chi connectivity index (χ0) is 27.8. The van der Waals surface area contributed by atoms with Gasteiger partial charge in [-0.25, -0.2) is 4.57 Å². The fourth-order valence-corrected chi connectivity index (χ4v) is 4.11. The third-order valence-electron chi connectivity index (χ3n) is 5.47. The second kappa shape index (κ2) is 23.8. The van der Waals surface area contributed by atoms with E-state index >= 15 is 0 Å². The SMILES string of the molecule is CCC/C=C/CC/C=C/C(O)C(COP(=O)(O)OCCN)NC(=O)CC(O)CCCC/C=C\CCCC. The molecule has 0 radical (unpaired) electrons. The van der Waals surface area contributed by atoms with E-state index in [2.05, 4.69) is 43.5 Å². The molecule has 0 saturated heterocycles. The minimum Gasteiger partial charge on any atom is -0.393 e. The van der Waals surface area contributed by atoms with Crippen molar-refractivity contribution in [3.63, 3.8) is 0 Å². The number of aliphatic hydroxyl groups excluding tert-OH is 2. The van der Waals surface area contributed by atoms with Gasteiger partial charge in [0.2, 0.25) is 5.91 Å². The Morgan fingerprint density at radius 1 is 0.919 bits per heavy atom. The van der Waals surface area contributed by atoms with Crippen molar-refractivity contribution < 1.29 is 33.5 Å². The molecule has 0 heterocycles. The van der Waals surface area contributed by atoms with Crippen molar-refractivity contribution in [2.75, 3.05) is 19.8 Å². The highest BCUT2D eigenvalue weighted by Crippen LogP contribution is 2.43. The zero-order valence-electron chi connectivity index (χ0n) is 22.8. The van der Waals surface area contributed by atoms with Gasteiger partial charge in [0.05, 0.1) is 37.9 Å². The first kappa shape index (κ1) is 35.7. The van der Waals surface area contributed by atoms with Gasteiger partial charge in [-0.15, -0.1) is 0 Å². The lowest BCUT2D eigenvalue weighted by atomic mass is 10.1. The van der Waals surface area contributed by atoms with Crippen LogP contribution in [0.5, 0.6) is 0 Å². The maximum absolute atomic E-state index is 12.5. The standard InChI is InChI=1S/C27H51N2O7P/c1-3-5-7-9-11-13-14-16-18-24(30)22-27(32)29-25(23-36-37(33,34)35-21-20-28)26(31)19-17-15-12-10-8-6-4-2/h8-11,17,19,24-26,30-31H,3-7,12-16,18,20-23,28H2,1-2H3,(H,29,32)(H,33,34)/b10-8+,11-9-,19-17+. The minimum atomic E-state index is -4.38. The number of carbonyl (C=O) groups is 1. The molecule has 0 aliphatic heterocycles. The van der Waals surface area contributed by atoms with Crippen LogP contribution in [0.15, 0.2) is 36.5 Å². The summed E-state index contributed by atoms with van der Waals surface area (Å²) in [5.41, 5.74) is 5.28. The Morgan fingerprint density at radius 3 is 2.24 bits per heavy atom. The van der Waals surface area contributed by atoms with Crippen molar-refractivity contribution in [3.05, 3.63) is 36.5 Å². The van der Waals surface area contributed by atoms with E-state index in [4.69, 9.17) is 14.8 Å². The number of hydrogen-bond acceptors (Lipinski definition) is 7. The summed E-state index contributed by atoms with van der Waals surface area (Å²) in [5, 5.41) is 23.4. The van der Waals surface area contributed by atoms with Crippen LogP contribution in [0.25, 0.3) is 0 Å². The van der Waals surface area contributed by atoms with Crippen molar-refractivity contribution in [2.45, 2.75) is 109 Å². The Labute approximate surface area is 223 Å². The number of hydrogen-bond donors (Lipinski definition) is 5. The van der Waals surface area contributed by atoms with Crippen LogP contribution in [0.2, 0.25) is 0 Å². The molecule has 0 rings (SSSR count). The number of amides is 1. The van der Waals surface area contributed by atoms with E-state index in [9.17, 15) is 24.5 Å². The van der Waals surface area contributed by atoms with Crippen LogP contribution in [0.3, 0.4) is 0 Å². The first-order chi connectivity index (χ1) is 17.8. The van der Waals surface area contributed by atoms with Crippen LogP contribution < -0.4 is 11.1 Å². The Morgan fingerprint density at radius 2 is 1.57 bits per heavy atom. The average Bonchev–Trinajstić information content (AvgIpc) is 2.86. The lowest BCUT2D eigenvalue weighted by Crippen LogP contribution is -2.46. The normalized spacial score (nSPS) is 16.4. The van der Waals surface area contributed by atoms with Gasteiger partial charge >= 0.3 is 7.82 Å². The van der Waals surface area contributed by atoms with E-state index in [1.807, 2.05) is 0 Å². The lowest BCUT2D eigenvalue weighted by Gasteiger charge is -2.24. The molecule has 0 aromatic carbocycles. The molecule has 6 N–H and O–H groups in total. The highest BCUT2D eigenvalue weighted by Gasteiger charge is 2.27. The number of allylic oxidation sites excluding steroid dienone is 5. The van der Waals surface area contributed by atoms with Gasteiger partial charge in [0.25, 0.3) is 0 Å². The molecule has 0 aromatic rings. The maximum Gasteiger partial charge on any atom is 0.472 e. The van der Waals surface area contributed by atoms with Gasteiger partial charge in [-0.2, -0.15) is 0 Å². The molecule has 0 spiro atoms. The van der Waals surface area contributed by atoms with Gasteiger partial charge in [0, 0.05) is 6.54 Å². The molecule has 0 aliphatic rings. The van der Waals surface area contributed by atoms with Crippen LogP contribution in [-0.2, 0) is 18.4 Å². The van der Waals surface area contributed by atoms with E-state index in [0.717, 1.165) is 44.9 Å². The number of rotatable bonds is 24. The van der Waals surface area contributed by atoms with E-state index in [1.165, 1.54) is 18.9 Å². The second-order valence-corrected chi connectivity index (χ2v) is 10.5. The summed E-state index contributed by atoms with van der Waals surface area (Å²) < 4.78 is 21.7. The number of phosphoric ester groups is 1. The lowest BCUT2D eigenvalue weighted by molar-refractivity contribution is -0.124. The largest absolute Gasteiger partial charge is 0.472 e. The van der Waals surface area contributed by atoms with Crippen molar-refractivity contribution in [1.82, 2.24) is 5.32 Å². The monoisotopic (exact) mass is 546 g/mol. The Kier molecular flexibility index (Phi) is 22.9. The summed E-state index contributed by atoms with van der Waals surface area (Å²) in [6.07, 6.45) is 20.0. The number of unbranched alkanes of at least 4 members (excludes halogenated alkanes) is 6. The van der Waals surface area contributed by atoms with E-state index in [-0.39, 0.29) is 19.6 Å². The minimum absolute atomic E-state index is 0.0408. The molecule has 0 saturated carbocycles. The fourth-order valence-electron chi connectivity index (χ4n) is 3.35. The summed E-state index contributed by atoms with van der Waals surface area (Å²) >= 11 is 0. The molecule has 0 aromatic heterocycles. The predicted octanol–water partition coefficient (Wildman–Crippen LogP) is 4.67. The Bertz CT molecular complexity index is 700. The molecule has 1 amide bonds. The second-order valence-electron chi connectivity index (χ2n) is 9.07. The summed E-state index contributed by atoms with van der Waals surface area (Å²) in [6.45, 7) is 3.69. The molecule has 4 atom stereocenters. The molecule has 216 valence electrons. The first-order valence-corrected chi connectivity index (χ1v) is 15.2. The van der Waals surface area contributed by atoms with Gasteiger partial charge in [-0.1, -0.05) is 76.0 Å². The quantitative estimate of drug-likeness (QED) is 0.0665. The molecular weight excluding hydrogens is 495 g/mol. The molecule has 0 aliphatic carbocycles. The van der Waals surface area contributed by atoms with Crippen LogP contribution in [-0.4, -0.2) is 59.0 Å². The van der Waals surface area contributed by atoms with Gasteiger partial charge < -0.3 is 26.2 Å². The summed E-state index contributed by atoms with van der Waals surface area (Å²) in [6, 6.07) is -0.998. The maximum atomic E-state index is 12.5. The summed E-state index contributed by atoms with van der Waals surface area (Å²) in [7, 11) is -4.38. The van der Waals surface area contributed by atoms with Crippen molar-refractivity contribution in [2.24, 2.45) is 5.73 Å². The number of aliphatic hydroxyl groups is 2. The Balaban J connectivity index is 4.74. The topological polar surface area (TPSA) is 151 Å². The third kappa shape index (κ3) is 22.4. The van der Waals surface area contributed by atoms with E-state index in [0.29, 0.717) is 12.8 Å². The predicted molar refractivity (Wildman–Crippen MR) is 149 cm³/mol. The summed E-state index contributed by atoms with van der Waals surface area (Å²) in [5.74, 6) is -0.480. The molecule has 37 heavy (non-hydrogen) atoms. The van der Waals surface area contributed by atoms with Crippen molar-refractivity contribution in [3.8, 4) is 0 Å². The number of nitrogens with two attached hydrogens (primary N) is 1. The third-order valence-corrected chi connectivity index (χ3v) is 6.46. The molecule has 10 heteroatoms. The van der Waals surface area contributed by atoms with Crippen LogP contribution in [0.4, 0.5) is 0 Å². The molecule has 9 nitrogen and oxygen atoms in total. The van der Waals surface area contributed by atoms with Gasteiger partial charge in [0.1, 0.15) is 0 Å². The highest BCUT2D eigenvalue weighted by molar-refractivity contribution is 7.47. The molecule has 0 bridgehead atoms. The Hall–Kier alpha value is -1.32. The van der Waals surface area contributed by atoms with Gasteiger partial charge in [-0.3, -0.25) is 13.8 Å². The first-order valence-electron chi connectivity index (χ1n) is 13.7. The average molecular weight is 547 g/mol. The van der Waals surface area contributed by atoms with Crippen molar-refractivity contribution >= 4 is 13.7 Å². The zero-order valence-corrected chi connectivity index (χ0v) is 23.7. The summed E-state index contributed by atoms with van der Waals surface area (Å²) in [4.78, 5) is 22.3. The van der Waals surface area contributed by atoms with E-state index in [1.54, 1.807) is 6.08 Å². The molecular formula is C27H51N2O7P. The van der Waals surface area contributed by atoms with Crippen LogP contribution in [0, 0.1) is 0 Å². The van der Waals surface area contributed by atoms with Crippen LogP contribution in [0.1, 0.15) is 90.9 Å². The van der Waals surface area contributed by atoms with Gasteiger partial charge in [-0.05, 0) is 44.9 Å². The smallest absolute Gasteiger partial charge is 0.393 e. The number of phosphoric acid groups is 1. The van der Waals surface area contributed by atoms with Crippen molar-refractivity contribution in [1.29, 1.82) is 0 Å². The molecule has 4 unspecified atom stereocenters. The van der Waals surface area contributed by atoms with Gasteiger partial charge in [0.15, 0.2) is 0 Å². The van der Waals surface area contributed by atoms with Crippen LogP contribution >= 0.6 is 7.82 Å². The molecule has 0 fully saturated rings. The number of nitrogens with one attached hydrogen (secondary N) is 1. The fraction of sp³-hybridized carbons (Fsp3) is 0.741.